The minimum absolute atomic E-state index is 0.444. The first kappa shape index (κ1) is 14.3. The lowest BCUT2D eigenvalue weighted by atomic mass is 10.4. The smallest absolute Gasteiger partial charge is 0.158 e. The van der Waals surface area contributed by atoms with E-state index >= 15 is 0 Å². The number of nitrogens with zero attached hydrogens (tertiary/aromatic N) is 5. The normalized spacial score (nSPS) is 11.9. The number of hydrogen-bond donors (Lipinski definition) is 0. The summed E-state index contributed by atoms with van der Waals surface area (Å²) in [6, 6.07) is 0. The lowest BCUT2D eigenvalue weighted by Crippen LogP contribution is -2.16. The van der Waals surface area contributed by atoms with Gasteiger partial charge < -0.3 is 9.47 Å². The van der Waals surface area contributed by atoms with E-state index in [0.29, 0.717) is 5.88 Å². The van der Waals surface area contributed by atoms with E-state index in [-0.39, 0.29) is 0 Å². The zero-order valence-electron chi connectivity index (χ0n) is 12.1. The molecule has 0 fully saturated rings. The fourth-order valence-electron chi connectivity index (χ4n) is 2.37. The average Bonchev–Trinajstić information content (AvgIpc) is 2.88. The van der Waals surface area contributed by atoms with Crippen molar-refractivity contribution in [1.82, 2.24) is 24.2 Å². The molecule has 0 radical (unpaired) electrons. The summed E-state index contributed by atoms with van der Waals surface area (Å²) in [5, 5.41) is 4.53. The van der Waals surface area contributed by atoms with Crippen molar-refractivity contribution in [2.75, 3.05) is 20.6 Å². The van der Waals surface area contributed by atoms with E-state index < -0.39 is 0 Å². The highest BCUT2D eigenvalue weighted by atomic mass is 35.5. The van der Waals surface area contributed by atoms with Gasteiger partial charge in [0.25, 0.3) is 0 Å². The summed E-state index contributed by atoms with van der Waals surface area (Å²) in [6.07, 6.45) is 1.08. The first-order valence-electron chi connectivity index (χ1n) is 6.71. The Hall–Kier alpha value is -1.07. The molecule has 0 saturated heterocycles. The third-order valence-electron chi connectivity index (χ3n) is 3.28. The highest BCUT2D eigenvalue weighted by molar-refractivity contribution is 6.16. The molecule has 0 aliphatic heterocycles. The summed E-state index contributed by atoms with van der Waals surface area (Å²) < 4.78 is 4.23. The zero-order valence-corrected chi connectivity index (χ0v) is 12.9. The van der Waals surface area contributed by atoms with Crippen LogP contribution in [0.15, 0.2) is 0 Å². The van der Waals surface area contributed by atoms with Gasteiger partial charge in [-0.25, -0.2) is 9.67 Å². The number of imidazole rings is 1. The number of aromatic nitrogens is 4. The minimum atomic E-state index is 0.444. The van der Waals surface area contributed by atoms with Crippen LogP contribution in [0.2, 0.25) is 0 Å². The molecule has 19 heavy (non-hydrogen) atoms. The second kappa shape index (κ2) is 5.92. The van der Waals surface area contributed by atoms with Crippen LogP contribution in [-0.2, 0) is 19.0 Å². The van der Waals surface area contributed by atoms with Crippen LogP contribution in [0.3, 0.4) is 0 Å². The highest BCUT2D eigenvalue weighted by Crippen LogP contribution is 2.21. The van der Waals surface area contributed by atoms with Gasteiger partial charge in [-0.05, 0) is 40.9 Å². The fourth-order valence-corrected chi connectivity index (χ4v) is 2.58. The van der Waals surface area contributed by atoms with Crippen molar-refractivity contribution in [3.63, 3.8) is 0 Å². The summed E-state index contributed by atoms with van der Waals surface area (Å²) in [4.78, 5) is 6.82. The summed E-state index contributed by atoms with van der Waals surface area (Å²) in [7, 11) is 4.18. The van der Waals surface area contributed by atoms with E-state index in [1.165, 1.54) is 0 Å². The van der Waals surface area contributed by atoms with Crippen molar-refractivity contribution in [2.24, 2.45) is 0 Å². The third-order valence-corrected chi connectivity index (χ3v) is 3.52. The molecule has 2 heterocycles. The van der Waals surface area contributed by atoms with Crippen molar-refractivity contribution in [3.05, 3.63) is 11.5 Å². The Bertz CT molecular complexity index is 555. The molecule has 0 N–H and O–H groups in total. The van der Waals surface area contributed by atoms with E-state index in [9.17, 15) is 0 Å². The van der Waals surface area contributed by atoms with Gasteiger partial charge in [0.05, 0.1) is 11.6 Å². The van der Waals surface area contributed by atoms with E-state index in [1.807, 2.05) is 11.6 Å². The Labute approximate surface area is 119 Å². The molecule has 2 aromatic rings. The van der Waals surface area contributed by atoms with Crippen LogP contribution in [0.5, 0.6) is 0 Å². The molecular weight excluding hydrogens is 262 g/mol. The predicted molar refractivity (Wildman–Crippen MR) is 78.7 cm³/mol. The number of rotatable bonds is 6. The van der Waals surface area contributed by atoms with Gasteiger partial charge in [0, 0.05) is 13.1 Å². The van der Waals surface area contributed by atoms with Crippen LogP contribution in [0, 0.1) is 6.92 Å². The number of fused-ring (bicyclic) bond motifs is 1. The van der Waals surface area contributed by atoms with Gasteiger partial charge >= 0.3 is 0 Å². The molecule has 0 amide bonds. The van der Waals surface area contributed by atoms with Crippen LogP contribution in [0.25, 0.3) is 11.2 Å². The molecule has 0 aliphatic rings. The van der Waals surface area contributed by atoms with Gasteiger partial charge in [-0.15, -0.1) is 11.6 Å². The van der Waals surface area contributed by atoms with Crippen molar-refractivity contribution in [3.8, 4) is 0 Å². The van der Waals surface area contributed by atoms with Gasteiger partial charge in [-0.3, -0.25) is 0 Å². The molecule has 0 spiro atoms. The van der Waals surface area contributed by atoms with Crippen LogP contribution < -0.4 is 0 Å². The Morgan fingerprint density at radius 3 is 2.63 bits per heavy atom. The molecule has 0 aliphatic carbocycles. The average molecular weight is 284 g/mol. The summed E-state index contributed by atoms with van der Waals surface area (Å²) in [5.74, 6) is 1.39. The Balaban J connectivity index is 2.38. The molecule has 0 aromatic carbocycles. The van der Waals surface area contributed by atoms with E-state index in [0.717, 1.165) is 48.7 Å². The zero-order chi connectivity index (χ0) is 14.0. The van der Waals surface area contributed by atoms with Gasteiger partial charge in [0.2, 0.25) is 0 Å². The third kappa shape index (κ3) is 2.77. The molecule has 6 heteroatoms. The van der Waals surface area contributed by atoms with Crippen LogP contribution in [-0.4, -0.2) is 44.9 Å². The van der Waals surface area contributed by atoms with Gasteiger partial charge in [-0.2, -0.15) is 5.10 Å². The molecule has 5 nitrogen and oxygen atoms in total. The van der Waals surface area contributed by atoms with Crippen molar-refractivity contribution in [2.45, 2.75) is 39.2 Å². The number of halogens is 1. The molecule has 106 valence electrons. The van der Waals surface area contributed by atoms with Crippen LogP contribution >= 0.6 is 11.6 Å². The topological polar surface area (TPSA) is 38.9 Å². The minimum Gasteiger partial charge on any atom is -0.312 e. The van der Waals surface area contributed by atoms with Crippen molar-refractivity contribution < 1.29 is 0 Å². The maximum Gasteiger partial charge on any atom is 0.158 e. The molecular formula is C13H22ClN5. The summed E-state index contributed by atoms with van der Waals surface area (Å²) in [5.41, 5.74) is 3.08. The van der Waals surface area contributed by atoms with Crippen LogP contribution in [0.1, 0.15) is 24.9 Å². The molecule has 2 rings (SSSR count). The first-order chi connectivity index (χ1) is 9.08. The van der Waals surface area contributed by atoms with Crippen LogP contribution in [0.4, 0.5) is 0 Å². The summed E-state index contributed by atoms with van der Waals surface area (Å²) >= 11 is 6.03. The van der Waals surface area contributed by atoms with E-state index in [4.69, 9.17) is 11.6 Å². The monoisotopic (exact) mass is 283 g/mol. The SMILES string of the molecule is CCn1nc(C)c2nc(CCl)n(CCCN(C)C)c21. The largest absolute Gasteiger partial charge is 0.312 e. The Morgan fingerprint density at radius 2 is 2.05 bits per heavy atom. The lowest BCUT2D eigenvalue weighted by molar-refractivity contribution is 0.385. The Kier molecular flexibility index (Phi) is 4.47. The number of aryl methyl sites for hydroxylation is 3. The van der Waals surface area contributed by atoms with Gasteiger partial charge in [0.15, 0.2) is 5.65 Å². The molecule has 0 saturated carbocycles. The highest BCUT2D eigenvalue weighted by Gasteiger charge is 2.17. The predicted octanol–water partition coefficient (Wildman–Crippen LogP) is 2.25. The van der Waals surface area contributed by atoms with E-state index in [2.05, 4.69) is 40.6 Å². The van der Waals surface area contributed by atoms with Crippen molar-refractivity contribution in [1.29, 1.82) is 0 Å². The lowest BCUT2D eigenvalue weighted by Gasteiger charge is -2.12. The van der Waals surface area contributed by atoms with Gasteiger partial charge in [-0.1, -0.05) is 0 Å². The second-order valence-corrected chi connectivity index (χ2v) is 5.31. The number of hydrogen-bond acceptors (Lipinski definition) is 3. The molecule has 0 unspecified atom stereocenters. The Morgan fingerprint density at radius 1 is 1.32 bits per heavy atom. The van der Waals surface area contributed by atoms with Gasteiger partial charge in [0.1, 0.15) is 11.3 Å². The molecule has 0 bridgehead atoms. The number of alkyl halides is 1. The maximum atomic E-state index is 6.03. The molecule has 2 aromatic heterocycles. The quantitative estimate of drug-likeness (QED) is 0.764. The fraction of sp³-hybridized carbons (Fsp3) is 0.692. The standard InChI is InChI=1S/C13H22ClN5/c1-5-19-13-12(10(2)16-19)15-11(9-14)18(13)8-6-7-17(3)4/h5-9H2,1-4H3. The summed E-state index contributed by atoms with van der Waals surface area (Å²) in [6.45, 7) is 6.95. The second-order valence-electron chi connectivity index (χ2n) is 5.04. The van der Waals surface area contributed by atoms with Crippen molar-refractivity contribution >= 4 is 22.8 Å². The first-order valence-corrected chi connectivity index (χ1v) is 7.25. The maximum absolute atomic E-state index is 6.03. The molecule has 0 atom stereocenters. The van der Waals surface area contributed by atoms with E-state index in [1.54, 1.807) is 0 Å².